The number of nitrogens with one attached hydrogen (secondary N) is 1. The van der Waals surface area contributed by atoms with E-state index in [2.05, 4.69) is 17.9 Å². The lowest BCUT2D eigenvalue weighted by molar-refractivity contribution is -0.124. The van der Waals surface area contributed by atoms with Crippen molar-refractivity contribution in [3.63, 3.8) is 0 Å². The lowest BCUT2D eigenvalue weighted by Gasteiger charge is -2.14. The number of hydrogen-bond donors (Lipinski definition) is 3. The Morgan fingerprint density at radius 2 is 2.29 bits per heavy atom. The second-order valence-corrected chi connectivity index (χ2v) is 4.59. The van der Waals surface area contributed by atoms with Crippen LogP contribution in [0.15, 0.2) is 24.3 Å². The van der Waals surface area contributed by atoms with Gasteiger partial charge in [-0.3, -0.25) is 4.79 Å². The standard InChI is InChI=1S/C12H17ClN2OS/c13-11-3-1-2-9(7-11)6-10(8-17)12(16)15-5-4-14/h1-3,7,10,17H,4-6,8,14H2,(H,15,16)/t10-/m1/s1. The van der Waals surface area contributed by atoms with Crippen LogP contribution in [0.2, 0.25) is 5.02 Å². The predicted molar refractivity (Wildman–Crippen MR) is 74.6 cm³/mol. The minimum atomic E-state index is -0.150. The molecule has 0 spiro atoms. The van der Waals surface area contributed by atoms with Gasteiger partial charge in [0, 0.05) is 23.9 Å². The van der Waals surface area contributed by atoms with Gasteiger partial charge in [0.2, 0.25) is 5.91 Å². The van der Waals surface area contributed by atoms with Crippen LogP contribution in [0.4, 0.5) is 0 Å². The maximum atomic E-state index is 11.8. The molecule has 0 bridgehead atoms. The molecule has 94 valence electrons. The first kappa shape index (κ1) is 14.4. The number of carbonyl (C=O) groups is 1. The lowest BCUT2D eigenvalue weighted by atomic mass is 10.0. The second kappa shape index (κ2) is 7.58. The van der Waals surface area contributed by atoms with E-state index < -0.39 is 0 Å². The fraction of sp³-hybridized carbons (Fsp3) is 0.417. The molecule has 0 saturated carbocycles. The van der Waals surface area contributed by atoms with Crippen LogP contribution in [0.5, 0.6) is 0 Å². The summed E-state index contributed by atoms with van der Waals surface area (Å²) < 4.78 is 0. The van der Waals surface area contributed by atoms with E-state index in [1.165, 1.54) is 0 Å². The summed E-state index contributed by atoms with van der Waals surface area (Å²) >= 11 is 10.1. The van der Waals surface area contributed by atoms with Gasteiger partial charge in [-0.1, -0.05) is 23.7 Å². The first-order valence-corrected chi connectivity index (χ1v) is 6.51. The monoisotopic (exact) mass is 272 g/mol. The molecular formula is C12H17ClN2OS. The second-order valence-electron chi connectivity index (χ2n) is 3.79. The van der Waals surface area contributed by atoms with Gasteiger partial charge in [-0.05, 0) is 24.1 Å². The van der Waals surface area contributed by atoms with Crippen molar-refractivity contribution in [1.82, 2.24) is 5.32 Å². The summed E-state index contributed by atoms with van der Waals surface area (Å²) in [7, 11) is 0. The highest BCUT2D eigenvalue weighted by molar-refractivity contribution is 7.80. The zero-order chi connectivity index (χ0) is 12.7. The van der Waals surface area contributed by atoms with Gasteiger partial charge in [-0.15, -0.1) is 0 Å². The molecule has 0 aliphatic rings. The Hall–Kier alpha value is -0.710. The van der Waals surface area contributed by atoms with Gasteiger partial charge >= 0.3 is 0 Å². The van der Waals surface area contributed by atoms with Crippen LogP contribution in [0.25, 0.3) is 0 Å². The van der Waals surface area contributed by atoms with Gasteiger partial charge in [-0.2, -0.15) is 12.6 Å². The Morgan fingerprint density at radius 3 is 2.88 bits per heavy atom. The molecule has 0 aliphatic heterocycles. The Morgan fingerprint density at radius 1 is 1.53 bits per heavy atom. The molecule has 1 rings (SSSR count). The van der Waals surface area contributed by atoms with Crippen LogP contribution >= 0.6 is 24.2 Å². The molecule has 0 unspecified atom stereocenters. The third-order valence-electron chi connectivity index (χ3n) is 2.41. The number of amides is 1. The van der Waals surface area contributed by atoms with Gasteiger partial charge in [-0.25, -0.2) is 0 Å². The SMILES string of the molecule is NCCNC(=O)[C@@H](CS)Cc1cccc(Cl)c1. The Kier molecular flexibility index (Phi) is 6.40. The molecule has 0 aromatic heterocycles. The summed E-state index contributed by atoms with van der Waals surface area (Å²) in [5.74, 6) is 0.344. The van der Waals surface area contributed by atoms with Gasteiger partial charge in [0.05, 0.1) is 5.92 Å². The predicted octanol–water partition coefficient (Wildman–Crippen LogP) is 1.50. The highest BCUT2D eigenvalue weighted by Gasteiger charge is 2.16. The van der Waals surface area contributed by atoms with Crippen molar-refractivity contribution in [3.05, 3.63) is 34.9 Å². The van der Waals surface area contributed by atoms with E-state index >= 15 is 0 Å². The van der Waals surface area contributed by atoms with E-state index in [0.29, 0.717) is 30.3 Å². The maximum absolute atomic E-state index is 11.8. The quantitative estimate of drug-likeness (QED) is 0.688. The summed E-state index contributed by atoms with van der Waals surface area (Å²) in [6, 6.07) is 7.52. The Bertz CT molecular complexity index is 373. The van der Waals surface area contributed by atoms with Gasteiger partial charge < -0.3 is 11.1 Å². The first-order chi connectivity index (χ1) is 8.17. The normalized spacial score (nSPS) is 12.2. The van der Waals surface area contributed by atoms with E-state index in [0.717, 1.165) is 5.56 Å². The van der Waals surface area contributed by atoms with Gasteiger partial charge in [0.15, 0.2) is 0 Å². The average Bonchev–Trinajstić information content (AvgIpc) is 2.33. The van der Waals surface area contributed by atoms with Crippen molar-refractivity contribution < 1.29 is 4.79 Å². The van der Waals surface area contributed by atoms with E-state index in [4.69, 9.17) is 17.3 Å². The van der Waals surface area contributed by atoms with Crippen LogP contribution in [0.3, 0.4) is 0 Å². The largest absolute Gasteiger partial charge is 0.355 e. The molecule has 3 N–H and O–H groups in total. The molecule has 1 amide bonds. The minimum absolute atomic E-state index is 0.00887. The number of hydrogen-bond acceptors (Lipinski definition) is 3. The number of rotatable bonds is 6. The minimum Gasteiger partial charge on any atom is -0.355 e. The molecule has 5 heteroatoms. The number of nitrogens with two attached hydrogens (primary N) is 1. The molecule has 1 atom stereocenters. The number of benzene rings is 1. The molecule has 1 aromatic rings. The summed E-state index contributed by atoms with van der Waals surface area (Å²) in [5, 5.41) is 3.46. The van der Waals surface area contributed by atoms with E-state index in [1.807, 2.05) is 24.3 Å². The molecule has 0 aliphatic carbocycles. The highest BCUT2D eigenvalue weighted by Crippen LogP contribution is 2.15. The van der Waals surface area contributed by atoms with Crippen molar-refractivity contribution in [2.75, 3.05) is 18.8 Å². The summed E-state index contributed by atoms with van der Waals surface area (Å²) in [5.41, 5.74) is 6.38. The average molecular weight is 273 g/mol. The smallest absolute Gasteiger partial charge is 0.224 e. The summed E-state index contributed by atoms with van der Waals surface area (Å²) in [6.07, 6.45) is 0.639. The molecule has 17 heavy (non-hydrogen) atoms. The fourth-order valence-corrected chi connectivity index (χ4v) is 2.04. The fourth-order valence-electron chi connectivity index (χ4n) is 1.53. The third kappa shape index (κ3) is 4.98. The van der Waals surface area contributed by atoms with Crippen molar-refractivity contribution in [2.45, 2.75) is 6.42 Å². The van der Waals surface area contributed by atoms with Gasteiger partial charge in [0.25, 0.3) is 0 Å². The van der Waals surface area contributed by atoms with Gasteiger partial charge in [0.1, 0.15) is 0 Å². The van der Waals surface area contributed by atoms with E-state index in [9.17, 15) is 4.79 Å². The van der Waals surface area contributed by atoms with Crippen LogP contribution in [-0.4, -0.2) is 24.7 Å². The van der Waals surface area contributed by atoms with Crippen LogP contribution in [-0.2, 0) is 11.2 Å². The number of halogens is 1. The van der Waals surface area contributed by atoms with Crippen molar-refractivity contribution in [2.24, 2.45) is 11.7 Å². The summed E-state index contributed by atoms with van der Waals surface area (Å²) in [4.78, 5) is 11.8. The molecular weight excluding hydrogens is 256 g/mol. The Labute approximate surface area is 112 Å². The van der Waals surface area contributed by atoms with Crippen LogP contribution in [0.1, 0.15) is 5.56 Å². The van der Waals surface area contributed by atoms with Crippen molar-refractivity contribution >= 4 is 30.1 Å². The maximum Gasteiger partial charge on any atom is 0.224 e. The molecule has 0 radical (unpaired) electrons. The lowest BCUT2D eigenvalue weighted by Crippen LogP contribution is -2.36. The van der Waals surface area contributed by atoms with E-state index in [-0.39, 0.29) is 11.8 Å². The molecule has 1 aromatic carbocycles. The molecule has 0 heterocycles. The molecule has 0 saturated heterocycles. The number of thiol groups is 1. The van der Waals surface area contributed by atoms with E-state index in [1.54, 1.807) is 0 Å². The summed E-state index contributed by atoms with van der Waals surface area (Å²) in [6.45, 7) is 0.945. The topological polar surface area (TPSA) is 55.1 Å². The third-order valence-corrected chi connectivity index (χ3v) is 3.08. The van der Waals surface area contributed by atoms with Crippen LogP contribution < -0.4 is 11.1 Å². The number of carbonyl (C=O) groups excluding carboxylic acids is 1. The highest BCUT2D eigenvalue weighted by atomic mass is 35.5. The zero-order valence-corrected chi connectivity index (χ0v) is 11.2. The van der Waals surface area contributed by atoms with Crippen molar-refractivity contribution in [1.29, 1.82) is 0 Å². The Balaban J connectivity index is 2.60. The van der Waals surface area contributed by atoms with Crippen molar-refractivity contribution in [3.8, 4) is 0 Å². The first-order valence-electron chi connectivity index (χ1n) is 5.50. The molecule has 0 fully saturated rings. The zero-order valence-electron chi connectivity index (χ0n) is 9.53. The molecule has 3 nitrogen and oxygen atoms in total. The van der Waals surface area contributed by atoms with Crippen LogP contribution in [0, 0.1) is 5.92 Å².